The summed E-state index contributed by atoms with van der Waals surface area (Å²) in [6.07, 6.45) is 6.44. The van der Waals surface area contributed by atoms with Gasteiger partial charge in [0.15, 0.2) is 0 Å². The number of hydrogen-bond acceptors (Lipinski definition) is 4. The van der Waals surface area contributed by atoms with E-state index in [0.717, 1.165) is 54.3 Å². The standard InChI is InChI=1S/C19H22N6/c1-14-21-15(2)25(22-14)13-17-6-5-9-23(17)11-16-12-24-8-4-3-7-19(24)18(16)10-20/h3-4,7-8,12,17H,5-6,9,11,13H2,1-2H3. The zero-order valence-electron chi connectivity index (χ0n) is 14.7. The fourth-order valence-electron chi connectivity index (χ4n) is 3.89. The highest BCUT2D eigenvalue weighted by atomic mass is 15.4. The maximum atomic E-state index is 9.62. The minimum atomic E-state index is 0.439. The van der Waals surface area contributed by atoms with Crippen LogP contribution in [-0.2, 0) is 13.1 Å². The highest BCUT2D eigenvalue weighted by molar-refractivity contribution is 5.65. The molecular weight excluding hydrogens is 312 g/mol. The molecule has 1 unspecified atom stereocenters. The summed E-state index contributed by atoms with van der Waals surface area (Å²) in [4.78, 5) is 6.88. The lowest BCUT2D eigenvalue weighted by Gasteiger charge is -2.24. The van der Waals surface area contributed by atoms with Crippen LogP contribution in [0.2, 0.25) is 0 Å². The number of pyridine rings is 1. The molecule has 0 saturated carbocycles. The number of fused-ring (bicyclic) bond motifs is 1. The molecule has 0 N–H and O–H groups in total. The molecule has 6 nitrogen and oxygen atoms in total. The van der Waals surface area contributed by atoms with Gasteiger partial charge in [0.1, 0.15) is 17.7 Å². The summed E-state index contributed by atoms with van der Waals surface area (Å²) in [7, 11) is 0. The Labute approximate surface area is 147 Å². The van der Waals surface area contributed by atoms with Crippen LogP contribution in [0.15, 0.2) is 30.6 Å². The molecule has 0 amide bonds. The maximum absolute atomic E-state index is 9.62. The molecule has 3 aromatic heterocycles. The summed E-state index contributed by atoms with van der Waals surface area (Å²) in [6, 6.07) is 8.81. The lowest BCUT2D eigenvalue weighted by Crippen LogP contribution is -2.33. The van der Waals surface area contributed by atoms with Crippen molar-refractivity contribution in [2.75, 3.05) is 6.54 Å². The summed E-state index contributed by atoms with van der Waals surface area (Å²) in [5.74, 6) is 1.80. The van der Waals surface area contributed by atoms with E-state index >= 15 is 0 Å². The second kappa shape index (κ2) is 6.34. The minimum Gasteiger partial charge on any atom is -0.322 e. The summed E-state index contributed by atoms with van der Waals surface area (Å²) < 4.78 is 4.06. The topological polar surface area (TPSA) is 62.2 Å². The Morgan fingerprint density at radius 3 is 2.96 bits per heavy atom. The molecule has 0 aliphatic carbocycles. The second-order valence-electron chi connectivity index (χ2n) is 6.79. The molecule has 1 aliphatic rings. The first-order chi connectivity index (χ1) is 12.2. The van der Waals surface area contributed by atoms with E-state index in [-0.39, 0.29) is 0 Å². The van der Waals surface area contributed by atoms with Gasteiger partial charge in [-0.25, -0.2) is 9.67 Å². The Hall–Kier alpha value is -2.65. The Morgan fingerprint density at radius 2 is 2.20 bits per heavy atom. The van der Waals surface area contributed by atoms with Crippen molar-refractivity contribution in [2.24, 2.45) is 0 Å². The van der Waals surface area contributed by atoms with E-state index in [0.29, 0.717) is 6.04 Å². The average Bonchev–Trinajstić information content (AvgIpc) is 3.26. The first-order valence-corrected chi connectivity index (χ1v) is 8.76. The Kier molecular flexibility index (Phi) is 4.02. The average molecular weight is 334 g/mol. The third kappa shape index (κ3) is 2.92. The first-order valence-electron chi connectivity index (χ1n) is 8.76. The van der Waals surface area contributed by atoms with Gasteiger partial charge in [0.05, 0.1) is 17.6 Å². The third-order valence-corrected chi connectivity index (χ3v) is 5.09. The molecule has 0 bridgehead atoms. The van der Waals surface area contributed by atoms with Crippen LogP contribution < -0.4 is 0 Å². The SMILES string of the molecule is Cc1nc(C)n(CC2CCCN2Cc2cn3ccccc3c2C#N)n1. The summed E-state index contributed by atoms with van der Waals surface area (Å²) in [5, 5.41) is 14.1. The van der Waals surface area contributed by atoms with Gasteiger partial charge in [0.2, 0.25) is 0 Å². The van der Waals surface area contributed by atoms with Crippen molar-refractivity contribution in [3.63, 3.8) is 0 Å². The van der Waals surface area contributed by atoms with Crippen LogP contribution in [0.4, 0.5) is 0 Å². The Balaban J connectivity index is 1.57. The molecule has 0 spiro atoms. The van der Waals surface area contributed by atoms with Gasteiger partial charge in [0.25, 0.3) is 0 Å². The van der Waals surface area contributed by atoms with Crippen LogP contribution in [0.1, 0.15) is 35.6 Å². The van der Waals surface area contributed by atoms with Gasteiger partial charge in [-0.1, -0.05) is 6.07 Å². The molecule has 1 saturated heterocycles. The van der Waals surface area contributed by atoms with E-state index in [9.17, 15) is 5.26 Å². The summed E-state index contributed by atoms with van der Waals surface area (Å²) in [5.41, 5.74) is 2.88. The predicted octanol–water partition coefficient (Wildman–Crippen LogP) is 2.68. The molecule has 6 heteroatoms. The quantitative estimate of drug-likeness (QED) is 0.736. The molecule has 1 aliphatic heterocycles. The molecule has 4 heterocycles. The molecule has 128 valence electrons. The van der Waals surface area contributed by atoms with E-state index in [1.807, 2.05) is 47.3 Å². The smallest absolute Gasteiger partial charge is 0.147 e. The van der Waals surface area contributed by atoms with E-state index in [1.54, 1.807) is 0 Å². The monoisotopic (exact) mass is 334 g/mol. The molecule has 1 atom stereocenters. The van der Waals surface area contributed by atoms with Gasteiger partial charge >= 0.3 is 0 Å². The van der Waals surface area contributed by atoms with Crippen LogP contribution in [0.3, 0.4) is 0 Å². The summed E-state index contributed by atoms with van der Waals surface area (Å²) >= 11 is 0. The molecule has 3 aromatic rings. The highest BCUT2D eigenvalue weighted by Gasteiger charge is 2.27. The third-order valence-electron chi connectivity index (χ3n) is 5.09. The van der Waals surface area contributed by atoms with Crippen molar-refractivity contribution in [2.45, 2.75) is 45.8 Å². The molecular formula is C19H22N6. The number of aromatic nitrogens is 4. The van der Waals surface area contributed by atoms with Crippen LogP contribution in [0, 0.1) is 25.2 Å². The van der Waals surface area contributed by atoms with Crippen LogP contribution in [0.25, 0.3) is 5.52 Å². The van der Waals surface area contributed by atoms with Crippen molar-refractivity contribution < 1.29 is 0 Å². The van der Waals surface area contributed by atoms with Crippen LogP contribution >= 0.6 is 0 Å². The number of likely N-dealkylation sites (tertiary alicyclic amines) is 1. The highest BCUT2D eigenvalue weighted by Crippen LogP contribution is 2.25. The number of nitrogens with zero attached hydrogens (tertiary/aromatic N) is 6. The molecule has 4 rings (SSSR count). The lowest BCUT2D eigenvalue weighted by atomic mass is 10.1. The fraction of sp³-hybridized carbons (Fsp3) is 0.421. The van der Waals surface area contributed by atoms with Crippen molar-refractivity contribution in [1.29, 1.82) is 5.26 Å². The van der Waals surface area contributed by atoms with Crippen LogP contribution in [-0.4, -0.2) is 36.7 Å². The number of hydrogen-bond donors (Lipinski definition) is 0. The maximum Gasteiger partial charge on any atom is 0.147 e. The van der Waals surface area contributed by atoms with Gasteiger partial charge in [-0.05, 0) is 45.4 Å². The fourth-order valence-corrected chi connectivity index (χ4v) is 3.89. The second-order valence-corrected chi connectivity index (χ2v) is 6.79. The molecule has 25 heavy (non-hydrogen) atoms. The van der Waals surface area contributed by atoms with Gasteiger partial charge < -0.3 is 4.40 Å². The zero-order chi connectivity index (χ0) is 17.4. The van der Waals surface area contributed by atoms with E-state index in [4.69, 9.17) is 0 Å². The molecule has 0 aromatic carbocycles. The normalized spacial score (nSPS) is 18.0. The lowest BCUT2D eigenvalue weighted by molar-refractivity contribution is 0.218. The van der Waals surface area contributed by atoms with Gasteiger partial charge in [-0.15, -0.1) is 0 Å². The zero-order valence-corrected chi connectivity index (χ0v) is 14.7. The van der Waals surface area contributed by atoms with Gasteiger partial charge in [0, 0.05) is 30.5 Å². The van der Waals surface area contributed by atoms with E-state index in [1.165, 1.54) is 6.42 Å². The number of nitriles is 1. The van der Waals surface area contributed by atoms with Gasteiger partial charge in [-0.3, -0.25) is 4.90 Å². The van der Waals surface area contributed by atoms with Crippen LogP contribution in [0.5, 0.6) is 0 Å². The van der Waals surface area contributed by atoms with Crippen molar-refractivity contribution in [3.05, 3.63) is 53.4 Å². The van der Waals surface area contributed by atoms with Gasteiger partial charge in [-0.2, -0.15) is 10.4 Å². The first kappa shape index (κ1) is 15.9. The van der Waals surface area contributed by atoms with E-state index in [2.05, 4.69) is 27.2 Å². The number of aryl methyl sites for hydroxylation is 2. The van der Waals surface area contributed by atoms with E-state index < -0.39 is 0 Å². The predicted molar refractivity (Wildman–Crippen MR) is 95.0 cm³/mol. The van der Waals surface area contributed by atoms with Crippen molar-refractivity contribution >= 4 is 5.52 Å². The number of rotatable bonds is 4. The molecule has 0 radical (unpaired) electrons. The largest absolute Gasteiger partial charge is 0.322 e. The Morgan fingerprint density at radius 1 is 1.32 bits per heavy atom. The minimum absolute atomic E-state index is 0.439. The summed E-state index contributed by atoms with van der Waals surface area (Å²) in [6.45, 7) is 6.67. The van der Waals surface area contributed by atoms with Crippen molar-refractivity contribution in [1.82, 2.24) is 24.1 Å². The molecule has 1 fully saturated rings. The Bertz CT molecular complexity index is 945. The van der Waals surface area contributed by atoms with Crippen molar-refractivity contribution in [3.8, 4) is 6.07 Å².